The zero-order valence-electron chi connectivity index (χ0n) is 8.49. The van der Waals surface area contributed by atoms with Gasteiger partial charge in [-0.15, -0.1) is 0 Å². The molecule has 0 amide bonds. The minimum Gasteiger partial charge on any atom is -0.378 e. The Kier molecular flexibility index (Phi) is 2.19. The van der Waals surface area contributed by atoms with Crippen LogP contribution in [-0.4, -0.2) is 24.7 Å². The average Bonchev–Trinajstić information content (AvgIpc) is 2.74. The molecule has 0 saturated carbocycles. The van der Waals surface area contributed by atoms with Gasteiger partial charge in [0.05, 0.1) is 19.3 Å². The van der Waals surface area contributed by atoms with E-state index < -0.39 is 0 Å². The van der Waals surface area contributed by atoms with Crippen molar-refractivity contribution >= 4 is 10.9 Å². The number of aromatic nitrogens is 1. The quantitative estimate of drug-likeness (QED) is 0.740. The highest BCUT2D eigenvalue weighted by atomic mass is 16.5. The SMILES string of the molecule is c1ccc2c([C@@H]3COCCN3)c[nH]c2c1. The second-order valence-electron chi connectivity index (χ2n) is 3.87. The fraction of sp³-hybridized carbons (Fsp3) is 0.333. The van der Waals surface area contributed by atoms with Crippen LogP contribution in [0.3, 0.4) is 0 Å². The van der Waals surface area contributed by atoms with E-state index in [1.807, 2.05) is 6.07 Å². The molecule has 0 bridgehead atoms. The van der Waals surface area contributed by atoms with Crippen LogP contribution in [0.2, 0.25) is 0 Å². The van der Waals surface area contributed by atoms with Crippen LogP contribution in [0.4, 0.5) is 0 Å². The van der Waals surface area contributed by atoms with E-state index >= 15 is 0 Å². The van der Waals surface area contributed by atoms with Crippen LogP contribution >= 0.6 is 0 Å². The Hall–Kier alpha value is -1.32. The fourth-order valence-electron chi connectivity index (χ4n) is 2.15. The summed E-state index contributed by atoms with van der Waals surface area (Å²) >= 11 is 0. The van der Waals surface area contributed by atoms with Gasteiger partial charge in [0.15, 0.2) is 0 Å². The molecule has 3 rings (SSSR count). The summed E-state index contributed by atoms with van der Waals surface area (Å²) in [4.78, 5) is 3.29. The van der Waals surface area contributed by atoms with Gasteiger partial charge in [0, 0.05) is 23.6 Å². The summed E-state index contributed by atoms with van der Waals surface area (Å²) in [5, 5.41) is 4.76. The van der Waals surface area contributed by atoms with Gasteiger partial charge >= 0.3 is 0 Å². The highest BCUT2D eigenvalue weighted by Gasteiger charge is 2.17. The average molecular weight is 202 g/mol. The number of para-hydroxylation sites is 1. The summed E-state index contributed by atoms with van der Waals surface area (Å²) in [6.45, 7) is 2.52. The predicted octanol–water partition coefficient (Wildman–Crippen LogP) is 1.83. The Balaban J connectivity index is 2.02. The molecule has 3 nitrogen and oxygen atoms in total. The van der Waals surface area contributed by atoms with E-state index in [1.165, 1.54) is 16.5 Å². The second kappa shape index (κ2) is 3.68. The number of morpholine rings is 1. The highest BCUT2D eigenvalue weighted by molar-refractivity contribution is 5.83. The van der Waals surface area contributed by atoms with Gasteiger partial charge in [0.25, 0.3) is 0 Å². The molecule has 2 aromatic rings. The van der Waals surface area contributed by atoms with Crippen molar-refractivity contribution in [2.75, 3.05) is 19.8 Å². The van der Waals surface area contributed by atoms with Crippen molar-refractivity contribution < 1.29 is 4.74 Å². The summed E-state index contributed by atoms with van der Waals surface area (Å²) < 4.78 is 5.48. The third-order valence-electron chi connectivity index (χ3n) is 2.92. The zero-order chi connectivity index (χ0) is 10.1. The number of fused-ring (bicyclic) bond motifs is 1. The third kappa shape index (κ3) is 1.54. The molecule has 1 aromatic carbocycles. The standard InChI is InChI=1S/C12H14N2O/c1-2-4-11-9(3-1)10(7-14-11)12-8-15-6-5-13-12/h1-4,7,12-14H,5-6,8H2/t12-/m0/s1. The highest BCUT2D eigenvalue weighted by Crippen LogP contribution is 2.24. The predicted molar refractivity (Wildman–Crippen MR) is 59.9 cm³/mol. The molecule has 2 N–H and O–H groups in total. The van der Waals surface area contributed by atoms with E-state index in [4.69, 9.17) is 4.74 Å². The summed E-state index contributed by atoms with van der Waals surface area (Å²) in [6, 6.07) is 8.70. The van der Waals surface area contributed by atoms with Crippen molar-refractivity contribution in [3.8, 4) is 0 Å². The van der Waals surface area contributed by atoms with Crippen LogP contribution in [0.5, 0.6) is 0 Å². The number of benzene rings is 1. The normalized spacial score (nSPS) is 22.0. The molecule has 78 valence electrons. The fourth-order valence-corrected chi connectivity index (χ4v) is 2.15. The van der Waals surface area contributed by atoms with Gasteiger partial charge in [0.1, 0.15) is 0 Å². The van der Waals surface area contributed by atoms with Crippen LogP contribution < -0.4 is 5.32 Å². The molecule has 0 unspecified atom stereocenters. The van der Waals surface area contributed by atoms with E-state index in [-0.39, 0.29) is 0 Å². The van der Waals surface area contributed by atoms with Gasteiger partial charge in [-0.3, -0.25) is 0 Å². The van der Waals surface area contributed by atoms with Crippen LogP contribution in [0.1, 0.15) is 11.6 Å². The molecule has 3 heteroatoms. The number of ether oxygens (including phenoxy) is 1. The smallest absolute Gasteiger partial charge is 0.0662 e. The molecule has 1 aliphatic rings. The molecule has 1 atom stereocenters. The Morgan fingerprint density at radius 2 is 2.20 bits per heavy atom. The monoisotopic (exact) mass is 202 g/mol. The third-order valence-corrected chi connectivity index (χ3v) is 2.92. The maximum absolute atomic E-state index is 5.48. The van der Waals surface area contributed by atoms with Crippen LogP contribution in [0, 0.1) is 0 Å². The van der Waals surface area contributed by atoms with Crippen molar-refractivity contribution in [1.82, 2.24) is 10.3 Å². The van der Waals surface area contributed by atoms with E-state index in [2.05, 4.69) is 34.7 Å². The van der Waals surface area contributed by atoms with Gasteiger partial charge in [0.2, 0.25) is 0 Å². The number of hydrogen-bond donors (Lipinski definition) is 2. The summed E-state index contributed by atoms with van der Waals surface area (Å²) in [5.74, 6) is 0. The number of aromatic amines is 1. The molecular weight excluding hydrogens is 188 g/mol. The van der Waals surface area contributed by atoms with Gasteiger partial charge in [-0.2, -0.15) is 0 Å². The van der Waals surface area contributed by atoms with Gasteiger partial charge in [-0.25, -0.2) is 0 Å². The lowest BCUT2D eigenvalue weighted by molar-refractivity contribution is 0.0773. The molecule has 1 aliphatic heterocycles. The molecule has 1 fully saturated rings. The Bertz CT molecular complexity index is 457. The lowest BCUT2D eigenvalue weighted by Crippen LogP contribution is -2.34. The van der Waals surface area contributed by atoms with E-state index in [1.54, 1.807) is 0 Å². The second-order valence-corrected chi connectivity index (χ2v) is 3.87. The number of H-pyrrole nitrogens is 1. The van der Waals surface area contributed by atoms with E-state index in [0.717, 1.165) is 19.8 Å². The van der Waals surface area contributed by atoms with Crippen molar-refractivity contribution in [3.05, 3.63) is 36.0 Å². The Morgan fingerprint density at radius 1 is 1.27 bits per heavy atom. The van der Waals surface area contributed by atoms with Crippen molar-refractivity contribution in [2.24, 2.45) is 0 Å². The van der Waals surface area contributed by atoms with Gasteiger partial charge < -0.3 is 15.0 Å². The summed E-state index contributed by atoms with van der Waals surface area (Å²) in [7, 11) is 0. The summed E-state index contributed by atoms with van der Waals surface area (Å²) in [5.41, 5.74) is 2.50. The Morgan fingerprint density at radius 3 is 3.07 bits per heavy atom. The molecular formula is C12H14N2O. The number of nitrogens with one attached hydrogen (secondary N) is 2. The zero-order valence-corrected chi connectivity index (χ0v) is 8.49. The molecule has 1 aromatic heterocycles. The minimum absolute atomic E-state index is 0.329. The largest absolute Gasteiger partial charge is 0.378 e. The van der Waals surface area contributed by atoms with E-state index in [9.17, 15) is 0 Å². The van der Waals surface area contributed by atoms with Gasteiger partial charge in [-0.05, 0) is 11.6 Å². The lowest BCUT2D eigenvalue weighted by Gasteiger charge is -2.23. The molecule has 0 radical (unpaired) electrons. The van der Waals surface area contributed by atoms with Crippen LogP contribution in [-0.2, 0) is 4.74 Å². The number of hydrogen-bond acceptors (Lipinski definition) is 2. The maximum Gasteiger partial charge on any atom is 0.0662 e. The first-order chi connectivity index (χ1) is 7.45. The Labute approximate surface area is 88.4 Å². The first-order valence-electron chi connectivity index (χ1n) is 5.32. The van der Waals surface area contributed by atoms with Crippen molar-refractivity contribution in [3.63, 3.8) is 0 Å². The molecule has 15 heavy (non-hydrogen) atoms. The van der Waals surface area contributed by atoms with Gasteiger partial charge in [-0.1, -0.05) is 18.2 Å². The molecule has 0 aliphatic carbocycles. The topological polar surface area (TPSA) is 37.0 Å². The lowest BCUT2D eigenvalue weighted by atomic mass is 10.1. The molecule has 2 heterocycles. The first-order valence-corrected chi connectivity index (χ1v) is 5.32. The van der Waals surface area contributed by atoms with Crippen LogP contribution in [0.25, 0.3) is 10.9 Å². The number of rotatable bonds is 1. The van der Waals surface area contributed by atoms with Crippen LogP contribution in [0.15, 0.2) is 30.5 Å². The molecule has 1 saturated heterocycles. The minimum atomic E-state index is 0.329. The molecule has 0 spiro atoms. The van der Waals surface area contributed by atoms with E-state index in [0.29, 0.717) is 6.04 Å². The first kappa shape index (κ1) is 8.95. The summed E-state index contributed by atoms with van der Waals surface area (Å²) in [6.07, 6.45) is 2.08. The van der Waals surface area contributed by atoms with Crippen molar-refractivity contribution in [2.45, 2.75) is 6.04 Å². The van der Waals surface area contributed by atoms with Crippen molar-refractivity contribution in [1.29, 1.82) is 0 Å². The maximum atomic E-state index is 5.48.